The fourth-order valence-corrected chi connectivity index (χ4v) is 5.73. The van der Waals surface area contributed by atoms with Gasteiger partial charge in [0.05, 0.1) is 13.4 Å². The molecule has 1 aromatic carbocycles. The lowest BCUT2D eigenvalue weighted by Gasteiger charge is -2.51. The lowest BCUT2D eigenvalue weighted by atomic mass is 9.81. The summed E-state index contributed by atoms with van der Waals surface area (Å²) in [5, 5.41) is 0. The van der Waals surface area contributed by atoms with Crippen LogP contribution in [0.15, 0.2) is 24.3 Å². The van der Waals surface area contributed by atoms with Crippen LogP contribution in [-0.2, 0) is 16.6 Å². The van der Waals surface area contributed by atoms with Crippen LogP contribution in [0.5, 0.6) is 5.75 Å². The van der Waals surface area contributed by atoms with E-state index in [2.05, 4.69) is 17.0 Å². The van der Waals surface area contributed by atoms with Crippen LogP contribution in [0.1, 0.15) is 37.7 Å². The highest BCUT2D eigenvalue weighted by Gasteiger charge is 2.45. The molecular formula is C18H28N2O3S. The Morgan fingerprint density at radius 3 is 2.46 bits per heavy atom. The summed E-state index contributed by atoms with van der Waals surface area (Å²) in [6.45, 7) is 3.41. The van der Waals surface area contributed by atoms with Crippen LogP contribution in [0.3, 0.4) is 0 Å². The third-order valence-corrected chi connectivity index (χ3v) is 6.75. The average Bonchev–Trinajstić information content (AvgIpc) is 2.55. The van der Waals surface area contributed by atoms with Crippen molar-refractivity contribution in [3.63, 3.8) is 0 Å². The summed E-state index contributed by atoms with van der Waals surface area (Å²) >= 11 is 0. The molecular weight excluding hydrogens is 324 g/mol. The summed E-state index contributed by atoms with van der Waals surface area (Å²) < 4.78 is 31.6. The number of sulfonamides is 1. The third-order valence-electron chi connectivity index (χ3n) is 5.38. The van der Waals surface area contributed by atoms with Gasteiger partial charge in [-0.05, 0) is 49.9 Å². The second kappa shape index (κ2) is 7.02. The van der Waals surface area contributed by atoms with E-state index in [0.717, 1.165) is 57.5 Å². The topological polar surface area (TPSA) is 49.9 Å². The van der Waals surface area contributed by atoms with E-state index in [-0.39, 0.29) is 5.54 Å². The molecule has 0 radical (unpaired) electrons. The van der Waals surface area contributed by atoms with Crippen molar-refractivity contribution in [2.24, 2.45) is 0 Å². The molecule has 0 aromatic heterocycles. The fraction of sp³-hybridized carbons (Fsp3) is 0.667. The monoisotopic (exact) mass is 352 g/mol. The zero-order chi connectivity index (χ0) is 17.2. The SMILES string of the molecule is COc1ccc(CN2CCC[C@@]3(CCCCN3S(C)(=O)=O)C2)cc1. The van der Waals surface area contributed by atoms with Crippen LogP contribution in [0, 0.1) is 0 Å². The Balaban J connectivity index is 1.74. The number of nitrogens with zero attached hydrogens (tertiary/aromatic N) is 2. The molecule has 0 unspecified atom stereocenters. The molecule has 24 heavy (non-hydrogen) atoms. The molecule has 5 nitrogen and oxygen atoms in total. The van der Waals surface area contributed by atoms with Crippen LogP contribution in [0.4, 0.5) is 0 Å². The van der Waals surface area contributed by atoms with Gasteiger partial charge in [-0.15, -0.1) is 0 Å². The van der Waals surface area contributed by atoms with Gasteiger partial charge < -0.3 is 4.74 Å². The van der Waals surface area contributed by atoms with E-state index < -0.39 is 10.0 Å². The Kier molecular flexibility index (Phi) is 5.18. The summed E-state index contributed by atoms with van der Waals surface area (Å²) in [6, 6.07) is 8.15. The lowest BCUT2D eigenvalue weighted by molar-refractivity contribution is 0.0337. The molecule has 2 fully saturated rings. The number of ether oxygens (including phenoxy) is 1. The third kappa shape index (κ3) is 3.76. The normalized spacial score (nSPS) is 26.6. The fourth-order valence-electron chi connectivity index (χ4n) is 4.33. The second-order valence-electron chi connectivity index (χ2n) is 7.18. The molecule has 6 heteroatoms. The molecule has 2 saturated heterocycles. The smallest absolute Gasteiger partial charge is 0.211 e. The van der Waals surface area contributed by atoms with Crippen LogP contribution < -0.4 is 4.74 Å². The number of likely N-dealkylation sites (tertiary alicyclic amines) is 1. The summed E-state index contributed by atoms with van der Waals surface area (Å²) in [5.41, 5.74) is 1.05. The molecule has 0 aliphatic carbocycles. The van der Waals surface area contributed by atoms with Crippen molar-refractivity contribution < 1.29 is 13.2 Å². The molecule has 134 valence electrons. The van der Waals surface area contributed by atoms with E-state index in [9.17, 15) is 8.42 Å². The van der Waals surface area contributed by atoms with Crippen LogP contribution >= 0.6 is 0 Å². The quantitative estimate of drug-likeness (QED) is 0.835. The van der Waals surface area contributed by atoms with Gasteiger partial charge in [0.1, 0.15) is 5.75 Å². The Morgan fingerprint density at radius 1 is 1.08 bits per heavy atom. The number of piperidine rings is 2. The molecule has 0 N–H and O–H groups in total. The molecule has 0 saturated carbocycles. The van der Waals surface area contributed by atoms with Crippen molar-refractivity contribution in [3.8, 4) is 5.75 Å². The van der Waals surface area contributed by atoms with E-state index in [1.54, 1.807) is 11.4 Å². The summed E-state index contributed by atoms with van der Waals surface area (Å²) in [4.78, 5) is 2.41. The first-order valence-corrected chi connectivity index (χ1v) is 10.6. The maximum Gasteiger partial charge on any atom is 0.211 e. The minimum Gasteiger partial charge on any atom is -0.497 e. The lowest BCUT2D eigenvalue weighted by Crippen LogP contribution is -2.61. The number of rotatable bonds is 4. The Hall–Kier alpha value is -1.11. The van der Waals surface area contributed by atoms with Gasteiger partial charge in [-0.2, -0.15) is 4.31 Å². The van der Waals surface area contributed by atoms with Gasteiger partial charge in [-0.1, -0.05) is 18.6 Å². The molecule has 1 aromatic rings. The predicted molar refractivity (Wildman–Crippen MR) is 95.6 cm³/mol. The summed E-state index contributed by atoms with van der Waals surface area (Å²) in [6.07, 6.45) is 6.50. The van der Waals surface area contributed by atoms with Crippen molar-refractivity contribution in [3.05, 3.63) is 29.8 Å². The van der Waals surface area contributed by atoms with Crippen molar-refractivity contribution >= 4 is 10.0 Å². The van der Waals surface area contributed by atoms with Crippen molar-refractivity contribution in [1.82, 2.24) is 9.21 Å². The van der Waals surface area contributed by atoms with E-state index in [1.807, 2.05) is 12.1 Å². The van der Waals surface area contributed by atoms with Crippen LogP contribution in [0.2, 0.25) is 0 Å². The van der Waals surface area contributed by atoms with Gasteiger partial charge in [0.15, 0.2) is 0 Å². The molecule has 2 aliphatic rings. The first-order chi connectivity index (χ1) is 11.4. The zero-order valence-electron chi connectivity index (χ0n) is 14.7. The number of hydrogen-bond donors (Lipinski definition) is 0. The Morgan fingerprint density at radius 2 is 1.79 bits per heavy atom. The van der Waals surface area contributed by atoms with Gasteiger partial charge in [0.25, 0.3) is 0 Å². The maximum absolute atomic E-state index is 12.3. The average molecular weight is 353 g/mol. The minimum atomic E-state index is -3.15. The van der Waals surface area contributed by atoms with E-state index in [4.69, 9.17) is 4.74 Å². The maximum atomic E-state index is 12.3. The van der Waals surface area contributed by atoms with Gasteiger partial charge in [0, 0.05) is 25.2 Å². The number of methoxy groups -OCH3 is 1. The van der Waals surface area contributed by atoms with Gasteiger partial charge in [0.2, 0.25) is 10.0 Å². The number of benzene rings is 1. The molecule has 1 spiro atoms. The van der Waals surface area contributed by atoms with E-state index in [1.165, 1.54) is 11.8 Å². The zero-order valence-corrected chi connectivity index (χ0v) is 15.5. The standard InChI is InChI=1S/C18H28N2O3S/c1-23-17-8-6-16(7-9-17)14-19-12-5-11-18(15-19)10-3-4-13-20(18)24(2,21)22/h6-9H,3-5,10-15H2,1-2H3/t18-/m0/s1. The minimum absolute atomic E-state index is 0.198. The van der Waals surface area contributed by atoms with E-state index >= 15 is 0 Å². The Bertz CT molecular complexity index is 655. The largest absolute Gasteiger partial charge is 0.497 e. The summed E-state index contributed by atoms with van der Waals surface area (Å²) in [7, 11) is -1.48. The molecule has 2 aliphatic heterocycles. The van der Waals surface area contributed by atoms with Crippen molar-refractivity contribution in [2.75, 3.05) is 33.0 Å². The van der Waals surface area contributed by atoms with E-state index in [0.29, 0.717) is 6.54 Å². The Labute approximate surface area is 145 Å². The number of hydrogen-bond acceptors (Lipinski definition) is 4. The molecule has 0 amide bonds. The first-order valence-electron chi connectivity index (χ1n) is 8.76. The van der Waals surface area contributed by atoms with Gasteiger partial charge in [-0.25, -0.2) is 8.42 Å². The molecule has 1 atom stereocenters. The van der Waals surface area contributed by atoms with Crippen molar-refractivity contribution in [1.29, 1.82) is 0 Å². The van der Waals surface area contributed by atoms with Crippen LogP contribution in [0.25, 0.3) is 0 Å². The highest BCUT2D eigenvalue weighted by atomic mass is 32.2. The summed E-state index contributed by atoms with van der Waals surface area (Å²) in [5.74, 6) is 0.865. The highest BCUT2D eigenvalue weighted by Crippen LogP contribution is 2.38. The highest BCUT2D eigenvalue weighted by molar-refractivity contribution is 7.88. The molecule has 3 rings (SSSR count). The van der Waals surface area contributed by atoms with Gasteiger partial charge in [-0.3, -0.25) is 4.90 Å². The van der Waals surface area contributed by atoms with Crippen molar-refractivity contribution in [2.45, 2.75) is 44.2 Å². The van der Waals surface area contributed by atoms with Crippen LogP contribution in [-0.4, -0.2) is 56.2 Å². The first kappa shape index (κ1) is 17.7. The molecule has 2 heterocycles. The second-order valence-corrected chi connectivity index (χ2v) is 9.09. The predicted octanol–water partition coefficient (Wildman–Crippen LogP) is 2.48. The molecule has 0 bridgehead atoms. The van der Waals surface area contributed by atoms with Gasteiger partial charge >= 0.3 is 0 Å².